The topological polar surface area (TPSA) is 66.2 Å². The van der Waals surface area contributed by atoms with Gasteiger partial charge in [-0.25, -0.2) is 0 Å². The van der Waals surface area contributed by atoms with Crippen molar-refractivity contribution in [3.8, 4) is 5.75 Å². The van der Waals surface area contributed by atoms with Crippen molar-refractivity contribution in [2.24, 2.45) is 0 Å². The molecule has 0 atom stereocenters. The molecule has 0 aromatic heterocycles. The Kier molecular flexibility index (Phi) is 1.68. The average Bonchev–Trinajstić information content (AvgIpc) is 2.67. The molecule has 1 aliphatic carbocycles. The Morgan fingerprint density at radius 3 is 2.69 bits per heavy atom. The van der Waals surface area contributed by atoms with Crippen LogP contribution in [-0.4, -0.2) is 4.92 Å². The Morgan fingerprint density at radius 1 is 1.19 bits per heavy atom. The van der Waals surface area contributed by atoms with Crippen molar-refractivity contribution in [1.82, 2.24) is 0 Å². The number of rotatable bonds is 1. The Morgan fingerprint density at radius 2 is 1.94 bits per heavy atom. The fraction of sp³-hybridized carbons (Fsp3) is 0.167. The molecule has 1 aliphatic rings. The minimum absolute atomic E-state index is 0.304. The molecule has 0 heterocycles. The van der Waals surface area contributed by atoms with E-state index in [1.807, 2.05) is 6.07 Å². The predicted molar refractivity (Wildman–Crippen MR) is 57.5 cm³/mol. The van der Waals surface area contributed by atoms with E-state index in [-0.39, 0.29) is 5.69 Å². The van der Waals surface area contributed by atoms with Crippen molar-refractivity contribution in [2.45, 2.75) is 12.8 Å². The van der Waals surface area contributed by atoms with E-state index in [1.165, 1.54) is 6.07 Å². The van der Waals surface area contributed by atoms with E-state index in [1.54, 1.807) is 12.1 Å². The molecule has 0 radical (unpaired) electrons. The van der Waals surface area contributed by atoms with Crippen molar-refractivity contribution in [2.75, 3.05) is 0 Å². The molecule has 0 spiro atoms. The SMILES string of the molecule is O=[N+]([O-])c1cc2c3c(cccc3c1[O-])CC2. The molecular formula is C12H8NO3-. The molecule has 2 aromatic carbocycles. The Bertz CT molecular complexity index is 619. The minimum Gasteiger partial charge on any atom is -0.867 e. The van der Waals surface area contributed by atoms with Gasteiger partial charge in [0.25, 0.3) is 5.69 Å². The summed E-state index contributed by atoms with van der Waals surface area (Å²) in [4.78, 5) is 10.2. The van der Waals surface area contributed by atoms with Gasteiger partial charge in [-0.05, 0) is 40.5 Å². The summed E-state index contributed by atoms with van der Waals surface area (Å²) in [5.74, 6) is -0.465. The second kappa shape index (κ2) is 2.95. The molecule has 0 amide bonds. The van der Waals surface area contributed by atoms with Crippen LogP contribution < -0.4 is 5.11 Å². The van der Waals surface area contributed by atoms with Gasteiger partial charge in [-0.15, -0.1) is 0 Å². The lowest BCUT2D eigenvalue weighted by Crippen LogP contribution is -1.99. The third-order valence-electron chi connectivity index (χ3n) is 3.12. The summed E-state index contributed by atoms with van der Waals surface area (Å²) in [6.07, 6.45) is 1.66. The number of hydrogen-bond acceptors (Lipinski definition) is 3. The van der Waals surface area contributed by atoms with Crippen LogP contribution in [0.1, 0.15) is 11.1 Å². The smallest absolute Gasteiger partial charge is 0.262 e. The summed E-state index contributed by atoms with van der Waals surface area (Å²) in [7, 11) is 0. The second-order valence-corrected chi connectivity index (χ2v) is 3.98. The molecule has 0 N–H and O–H groups in total. The number of nitro benzene ring substituents is 1. The highest BCUT2D eigenvalue weighted by molar-refractivity contribution is 5.97. The molecule has 4 nitrogen and oxygen atoms in total. The van der Waals surface area contributed by atoms with E-state index in [0.29, 0.717) is 5.39 Å². The van der Waals surface area contributed by atoms with Gasteiger partial charge >= 0.3 is 0 Å². The molecule has 16 heavy (non-hydrogen) atoms. The highest BCUT2D eigenvalue weighted by Crippen LogP contribution is 2.39. The summed E-state index contributed by atoms with van der Waals surface area (Å²) < 4.78 is 0. The molecule has 4 heteroatoms. The van der Waals surface area contributed by atoms with E-state index in [4.69, 9.17) is 0 Å². The van der Waals surface area contributed by atoms with Crippen LogP contribution in [0, 0.1) is 10.1 Å². The number of nitro groups is 1. The molecule has 0 saturated heterocycles. The number of aryl methyl sites for hydroxylation is 2. The second-order valence-electron chi connectivity index (χ2n) is 3.98. The first-order valence-electron chi connectivity index (χ1n) is 5.07. The zero-order valence-corrected chi connectivity index (χ0v) is 8.40. The standard InChI is InChI=1S/C12H9NO3/c14-12-9-3-1-2-7-4-5-8(11(7)9)6-10(12)13(15)16/h1-3,6,14H,4-5H2/p-1. The molecule has 0 unspecified atom stereocenters. The maximum Gasteiger partial charge on any atom is 0.262 e. The van der Waals surface area contributed by atoms with Crippen molar-refractivity contribution in [3.63, 3.8) is 0 Å². The highest BCUT2D eigenvalue weighted by atomic mass is 16.6. The number of benzene rings is 2. The molecule has 80 valence electrons. The van der Waals surface area contributed by atoms with Crippen molar-refractivity contribution in [1.29, 1.82) is 0 Å². The van der Waals surface area contributed by atoms with Gasteiger partial charge in [0.2, 0.25) is 0 Å². The van der Waals surface area contributed by atoms with Crippen LogP contribution in [0.4, 0.5) is 5.69 Å². The van der Waals surface area contributed by atoms with Crippen LogP contribution in [0.2, 0.25) is 0 Å². The maximum absolute atomic E-state index is 11.9. The quantitative estimate of drug-likeness (QED) is 0.538. The van der Waals surface area contributed by atoms with Crippen LogP contribution in [0.5, 0.6) is 5.75 Å². The van der Waals surface area contributed by atoms with Crippen LogP contribution in [0.15, 0.2) is 24.3 Å². The minimum atomic E-state index is -0.594. The van der Waals surface area contributed by atoms with Gasteiger partial charge in [0, 0.05) is 6.07 Å². The summed E-state index contributed by atoms with van der Waals surface area (Å²) in [5.41, 5.74) is 1.75. The zero-order chi connectivity index (χ0) is 11.3. The van der Waals surface area contributed by atoms with Gasteiger partial charge < -0.3 is 5.11 Å². The van der Waals surface area contributed by atoms with Crippen LogP contribution in [0.3, 0.4) is 0 Å². The Hall–Kier alpha value is -2.10. The number of nitrogens with zero attached hydrogens (tertiary/aromatic N) is 1. The van der Waals surface area contributed by atoms with Crippen LogP contribution in [-0.2, 0) is 12.8 Å². The lowest BCUT2D eigenvalue weighted by atomic mass is 10.0. The van der Waals surface area contributed by atoms with E-state index >= 15 is 0 Å². The van der Waals surface area contributed by atoms with Gasteiger partial charge in [0.1, 0.15) is 0 Å². The molecule has 3 rings (SSSR count). The van der Waals surface area contributed by atoms with Gasteiger partial charge in [-0.3, -0.25) is 10.1 Å². The van der Waals surface area contributed by atoms with E-state index < -0.39 is 10.7 Å². The molecule has 0 saturated carbocycles. The normalized spacial score (nSPS) is 13.2. The summed E-state index contributed by atoms with van der Waals surface area (Å²) in [6, 6.07) is 6.87. The van der Waals surface area contributed by atoms with Crippen LogP contribution >= 0.6 is 0 Å². The Balaban J connectivity index is 2.48. The van der Waals surface area contributed by atoms with Crippen molar-refractivity contribution in [3.05, 3.63) is 45.5 Å². The molecule has 0 fully saturated rings. The monoisotopic (exact) mass is 214 g/mol. The molecule has 2 aromatic rings. The van der Waals surface area contributed by atoms with E-state index in [9.17, 15) is 15.2 Å². The van der Waals surface area contributed by atoms with E-state index in [2.05, 4.69) is 0 Å². The maximum atomic E-state index is 11.9. The first-order chi connectivity index (χ1) is 7.68. The summed E-state index contributed by atoms with van der Waals surface area (Å²) >= 11 is 0. The van der Waals surface area contributed by atoms with Gasteiger partial charge in [0.05, 0.1) is 4.92 Å². The van der Waals surface area contributed by atoms with E-state index in [0.717, 1.165) is 29.4 Å². The number of hydrogen-bond donors (Lipinski definition) is 0. The van der Waals surface area contributed by atoms with Gasteiger partial charge in [-0.2, -0.15) is 0 Å². The third kappa shape index (κ3) is 1.04. The highest BCUT2D eigenvalue weighted by Gasteiger charge is 2.19. The van der Waals surface area contributed by atoms with Gasteiger partial charge in [-0.1, -0.05) is 18.2 Å². The van der Waals surface area contributed by atoms with Crippen LogP contribution in [0.25, 0.3) is 10.8 Å². The summed E-state index contributed by atoms with van der Waals surface area (Å²) in [6.45, 7) is 0. The fourth-order valence-corrected chi connectivity index (χ4v) is 2.42. The largest absolute Gasteiger partial charge is 0.867 e. The molecule has 0 aliphatic heterocycles. The lowest BCUT2D eigenvalue weighted by Gasteiger charge is -2.12. The summed E-state index contributed by atoms with van der Waals surface area (Å²) in [5, 5.41) is 24.0. The third-order valence-corrected chi connectivity index (χ3v) is 3.12. The van der Waals surface area contributed by atoms with Crippen molar-refractivity contribution < 1.29 is 10.0 Å². The van der Waals surface area contributed by atoms with Gasteiger partial charge in [0.15, 0.2) is 0 Å². The Labute approximate surface area is 91.3 Å². The fourth-order valence-electron chi connectivity index (χ4n) is 2.42. The molecule has 0 bridgehead atoms. The zero-order valence-electron chi connectivity index (χ0n) is 8.40. The average molecular weight is 214 g/mol. The first-order valence-corrected chi connectivity index (χ1v) is 5.07. The lowest BCUT2D eigenvalue weighted by molar-refractivity contribution is -0.397. The molecular weight excluding hydrogens is 206 g/mol. The van der Waals surface area contributed by atoms with Crippen molar-refractivity contribution >= 4 is 16.5 Å². The predicted octanol–water partition coefficient (Wildman–Crippen LogP) is 1.92. The first kappa shape index (κ1) is 9.15.